The van der Waals surface area contributed by atoms with Crippen LogP contribution in [-0.2, 0) is 21.0 Å². The molecule has 1 unspecified atom stereocenters. The molecule has 1 atom stereocenters. The predicted octanol–water partition coefficient (Wildman–Crippen LogP) is 2.84. The molecule has 1 aliphatic heterocycles. The Bertz CT molecular complexity index is 1810. The number of primary amides is 1. The van der Waals surface area contributed by atoms with Crippen LogP contribution in [0.5, 0.6) is 0 Å². The number of H-pyrrole nitrogens is 1. The largest absolute Gasteiger partial charge is 0.366 e. The number of anilines is 1. The van der Waals surface area contributed by atoms with Crippen molar-refractivity contribution in [1.82, 2.24) is 14.8 Å². The van der Waals surface area contributed by atoms with E-state index in [0.29, 0.717) is 57.5 Å². The van der Waals surface area contributed by atoms with Crippen molar-refractivity contribution in [3.05, 3.63) is 65.2 Å². The van der Waals surface area contributed by atoms with Gasteiger partial charge in [0.2, 0.25) is 10.0 Å². The third-order valence-electron chi connectivity index (χ3n) is 7.38. The Balaban J connectivity index is 1.70. The van der Waals surface area contributed by atoms with Crippen molar-refractivity contribution in [3.63, 3.8) is 0 Å². The summed E-state index contributed by atoms with van der Waals surface area (Å²) in [6, 6.07) is 14.0. The molecule has 3 N–H and O–H groups in total. The number of carbonyl (C=O) groups excluding carboxylic acids is 2. The van der Waals surface area contributed by atoms with Crippen LogP contribution in [0, 0.1) is 6.92 Å². The molecule has 1 saturated heterocycles. The van der Waals surface area contributed by atoms with E-state index in [1.807, 2.05) is 24.1 Å². The molecular formula is C28H31N5O5S2. The Morgan fingerprint density at radius 2 is 1.73 bits per heavy atom. The van der Waals surface area contributed by atoms with E-state index in [9.17, 15) is 22.2 Å². The van der Waals surface area contributed by atoms with E-state index >= 15 is 0 Å². The number of aromatic nitrogens is 1. The second-order valence-electron chi connectivity index (χ2n) is 10.1. The van der Waals surface area contributed by atoms with Gasteiger partial charge in [-0.2, -0.15) is 3.71 Å². The quantitative estimate of drug-likeness (QED) is 0.359. The monoisotopic (exact) mass is 581 g/mol. The number of likely N-dealkylation sites (N-methyl/N-ethyl adjacent to an activating group) is 1. The summed E-state index contributed by atoms with van der Waals surface area (Å²) in [7, 11) is -3.61. The zero-order chi connectivity index (χ0) is 28.9. The number of hydrogen-bond acceptors (Lipinski definition) is 6. The van der Waals surface area contributed by atoms with Gasteiger partial charge in [-0.25, -0.2) is 12.6 Å². The van der Waals surface area contributed by atoms with Crippen molar-refractivity contribution >= 4 is 60.3 Å². The van der Waals surface area contributed by atoms with Gasteiger partial charge in [-0.15, -0.1) is 0 Å². The summed E-state index contributed by atoms with van der Waals surface area (Å²) in [6.07, 6.45) is 2.33. The normalized spacial score (nSPS) is 15.4. The topological polar surface area (TPSA) is 137 Å². The average Bonchev–Trinajstić information content (AvgIpc) is 3.27. The summed E-state index contributed by atoms with van der Waals surface area (Å²) in [4.78, 5) is 33.0. The lowest BCUT2D eigenvalue weighted by molar-refractivity contribution is 0.0664. The number of rotatable bonds is 6. The van der Waals surface area contributed by atoms with Crippen LogP contribution >= 0.6 is 0 Å². The van der Waals surface area contributed by atoms with Gasteiger partial charge in [-0.1, -0.05) is 24.3 Å². The smallest absolute Gasteiger partial charge is 0.254 e. The molecular weight excluding hydrogens is 550 g/mol. The van der Waals surface area contributed by atoms with Gasteiger partial charge in [0.25, 0.3) is 11.8 Å². The number of carbonyl (C=O) groups is 2. The number of piperazine rings is 1. The van der Waals surface area contributed by atoms with E-state index in [2.05, 4.69) is 9.88 Å². The van der Waals surface area contributed by atoms with Gasteiger partial charge in [-0.05, 0) is 54.9 Å². The number of nitrogens with zero attached hydrogens (tertiary/aromatic N) is 3. The summed E-state index contributed by atoms with van der Waals surface area (Å²) in [5.74, 6) is -0.659. The molecule has 12 heteroatoms. The molecule has 10 nitrogen and oxygen atoms in total. The van der Waals surface area contributed by atoms with Gasteiger partial charge in [0.05, 0.1) is 23.0 Å². The Kier molecular flexibility index (Phi) is 7.19. The van der Waals surface area contributed by atoms with E-state index in [1.54, 1.807) is 43.3 Å². The maximum Gasteiger partial charge on any atom is 0.254 e. The van der Waals surface area contributed by atoms with Crippen LogP contribution in [0.15, 0.2) is 48.5 Å². The Labute approximate surface area is 235 Å². The SMILES string of the molecule is Cc1c(-c2ccc(C(N)=O)c3[nH]c4cc(C(=O)N5CCN(C)CC5)ccc4c23)cccc1N(S(C)=O)S(C)(=O)=O. The fraction of sp³-hybridized carbons (Fsp3) is 0.286. The lowest BCUT2D eigenvalue weighted by Gasteiger charge is -2.32. The number of sulfonamides is 1. The van der Waals surface area contributed by atoms with Gasteiger partial charge in [0.15, 0.2) is 0 Å². The third kappa shape index (κ3) is 4.87. The van der Waals surface area contributed by atoms with Gasteiger partial charge in [0.1, 0.15) is 11.0 Å². The van der Waals surface area contributed by atoms with Gasteiger partial charge in [-0.3, -0.25) is 9.59 Å². The highest BCUT2D eigenvalue weighted by atomic mass is 32.3. The molecule has 2 heterocycles. The molecule has 1 fully saturated rings. The highest BCUT2D eigenvalue weighted by Gasteiger charge is 2.26. The number of hydrogen-bond donors (Lipinski definition) is 2. The van der Waals surface area contributed by atoms with Crippen molar-refractivity contribution in [1.29, 1.82) is 0 Å². The Morgan fingerprint density at radius 1 is 1.02 bits per heavy atom. The molecule has 0 bridgehead atoms. The predicted molar refractivity (Wildman–Crippen MR) is 159 cm³/mol. The van der Waals surface area contributed by atoms with E-state index < -0.39 is 26.9 Å². The zero-order valence-corrected chi connectivity index (χ0v) is 24.4. The molecule has 3 aromatic carbocycles. The highest BCUT2D eigenvalue weighted by Crippen LogP contribution is 2.40. The molecule has 0 spiro atoms. The van der Waals surface area contributed by atoms with Gasteiger partial charge >= 0.3 is 0 Å². The van der Waals surface area contributed by atoms with Gasteiger partial charge in [0, 0.05) is 54.3 Å². The van der Waals surface area contributed by atoms with Crippen molar-refractivity contribution in [3.8, 4) is 11.1 Å². The minimum atomic E-state index is -3.82. The van der Waals surface area contributed by atoms with Crippen molar-refractivity contribution in [2.45, 2.75) is 6.92 Å². The number of aromatic amines is 1. The molecule has 4 aromatic rings. The number of nitrogens with one attached hydrogen (secondary N) is 1. The molecule has 0 saturated carbocycles. The van der Waals surface area contributed by atoms with Crippen LogP contribution in [-0.4, -0.2) is 85.0 Å². The van der Waals surface area contributed by atoms with E-state index in [-0.39, 0.29) is 5.91 Å². The summed E-state index contributed by atoms with van der Waals surface area (Å²) >= 11 is 0. The second kappa shape index (κ2) is 10.3. The van der Waals surface area contributed by atoms with Crippen LogP contribution < -0.4 is 9.44 Å². The molecule has 210 valence electrons. The van der Waals surface area contributed by atoms with Crippen molar-refractivity contribution in [2.24, 2.45) is 5.73 Å². The molecule has 1 aliphatic rings. The van der Waals surface area contributed by atoms with E-state index in [4.69, 9.17) is 5.73 Å². The average molecular weight is 582 g/mol. The number of amides is 2. The zero-order valence-electron chi connectivity index (χ0n) is 22.7. The first kappa shape index (κ1) is 27.8. The number of benzene rings is 3. The minimum absolute atomic E-state index is 0.0546. The second-order valence-corrected chi connectivity index (χ2v) is 13.4. The van der Waals surface area contributed by atoms with Crippen molar-refractivity contribution < 1.29 is 22.2 Å². The summed E-state index contributed by atoms with van der Waals surface area (Å²) in [5, 5.41) is 1.50. The summed E-state index contributed by atoms with van der Waals surface area (Å²) in [5.41, 5.74) is 10.1. The third-order valence-corrected chi connectivity index (χ3v) is 10.3. The first-order valence-electron chi connectivity index (χ1n) is 12.7. The Hall–Kier alpha value is -3.74. The first-order valence-corrected chi connectivity index (χ1v) is 16.0. The molecule has 5 rings (SSSR count). The molecule has 1 aromatic heterocycles. The van der Waals surface area contributed by atoms with Gasteiger partial charge < -0.3 is 20.5 Å². The Morgan fingerprint density at radius 3 is 2.35 bits per heavy atom. The van der Waals surface area contributed by atoms with Crippen LogP contribution in [0.2, 0.25) is 0 Å². The van der Waals surface area contributed by atoms with E-state index in [0.717, 1.165) is 34.0 Å². The summed E-state index contributed by atoms with van der Waals surface area (Å²) < 4.78 is 38.3. The molecule has 2 amide bonds. The standard InChI is InChI=1S/C28H31N5O5S2/c1-17-19(6-5-7-24(17)33(39(3)36)40(4,37)38)20-10-11-22(27(29)34)26-25(20)21-9-8-18(16-23(21)30-26)28(35)32-14-12-31(2)13-15-32/h5-11,16,30H,12-15H2,1-4H3,(H2,29,34). The van der Waals surface area contributed by atoms with Crippen LogP contribution in [0.3, 0.4) is 0 Å². The maximum atomic E-state index is 13.3. The molecule has 40 heavy (non-hydrogen) atoms. The lowest BCUT2D eigenvalue weighted by atomic mass is 9.93. The fourth-order valence-electron chi connectivity index (χ4n) is 5.39. The maximum absolute atomic E-state index is 13.3. The van der Waals surface area contributed by atoms with Crippen LogP contribution in [0.4, 0.5) is 5.69 Å². The summed E-state index contributed by atoms with van der Waals surface area (Å²) in [6.45, 7) is 4.70. The van der Waals surface area contributed by atoms with Crippen molar-refractivity contribution in [2.75, 3.05) is 49.4 Å². The fourth-order valence-corrected chi connectivity index (χ4v) is 7.94. The molecule has 0 radical (unpaired) electrons. The van der Waals surface area contributed by atoms with Crippen LogP contribution in [0.1, 0.15) is 26.3 Å². The lowest BCUT2D eigenvalue weighted by Crippen LogP contribution is -2.47. The minimum Gasteiger partial charge on any atom is -0.366 e. The number of nitrogens with two attached hydrogens (primary N) is 1. The van der Waals surface area contributed by atoms with E-state index in [1.165, 1.54) is 6.26 Å². The van der Waals surface area contributed by atoms with Crippen LogP contribution in [0.25, 0.3) is 32.9 Å². The number of fused-ring (bicyclic) bond motifs is 3. The highest BCUT2D eigenvalue weighted by molar-refractivity contribution is 8.06. The first-order chi connectivity index (χ1) is 18.9. The molecule has 0 aliphatic carbocycles.